The minimum atomic E-state index is -4.51. The Balaban J connectivity index is 2.28. The Morgan fingerprint density at radius 3 is 2.57 bits per heavy atom. The van der Waals surface area contributed by atoms with Gasteiger partial charge in [-0.05, 0) is 18.6 Å². The number of carbonyl (C=O) groups is 1. The molecule has 1 heterocycles. The van der Waals surface area contributed by atoms with Crippen LogP contribution in [0.3, 0.4) is 0 Å². The number of hydrogen-bond acceptors (Lipinski definition) is 1. The van der Waals surface area contributed by atoms with Crippen LogP contribution in [0.5, 0.6) is 0 Å². The van der Waals surface area contributed by atoms with Crippen molar-refractivity contribution in [2.75, 3.05) is 25.5 Å². The lowest BCUT2D eigenvalue weighted by molar-refractivity contribution is -0.137. The molecular weight excluding hydrogens is 283 g/mol. The minimum Gasteiger partial charge on any atom is -0.363 e. The Morgan fingerprint density at radius 2 is 2.00 bits per heavy atom. The molecule has 0 N–H and O–H groups in total. The summed E-state index contributed by atoms with van der Waals surface area (Å²) in [6.07, 6.45) is -2.95. The van der Waals surface area contributed by atoms with Crippen molar-refractivity contribution < 1.29 is 18.0 Å². The van der Waals surface area contributed by atoms with E-state index in [-0.39, 0.29) is 5.69 Å². The molecule has 4 nitrogen and oxygen atoms in total. The largest absolute Gasteiger partial charge is 0.418 e. The molecule has 2 amide bonds. The molecule has 21 heavy (non-hydrogen) atoms. The Hall–Kier alpha value is -2.05. The standard InChI is InChI=1S/C14H16F3N3O/c1-19-9-5-8-12(19)18-13(21)20(2)11-7-4-3-6-10(11)14(15,16)17/h3-4,6-7H,5,8-9H2,1-2H3. The number of anilines is 1. The fourth-order valence-corrected chi connectivity index (χ4v) is 2.23. The van der Waals surface area contributed by atoms with Gasteiger partial charge in [-0.25, -0.2) is 4.79 Å². The van der Waals surface area contributed by atoms with Gasteiger partial charge in [0.15, 0.2) is 0 Å². The fourth-order valence-electron chi connectivity index (χ4n) is 2.23. The van der Waals surface area contributed by atoms with Crippen LogP contribution in [-0.4, -0.2) is 37.4 Å². The molecule has 0 aliphatic carbocycles. The summed E-state index contributed by atoms with van der Waals surface area (Å²) in [5, 5.41) is 0. The Morgan fingerprint density at radius 1 is 1.33 bits per heavy atom. The number of likely N-dealkylation sites (tertiary alicyclic amines) is 1. The Bertz CT molecular complexity index is 569. The van der Waals surface area contributed by atoms with Gasteiger partial charge in [-0.2, -0.15) is 18.2 Å². The number of alkyl halides is 3. The van der Waals surface area contributed by atoms with E-state index in [0.717, 1.165) is 23.9 Å². The van der Waals surface area contributed by atoms with Crippen LogP contribution in [0.4, 0.5) is 23.7 Å². The maximum Gasteiger partial charge on any atom is 0.418 e. The second kappa shape index (κ2) is 5.75. The third-order valence-electron chi connectivity index (χ3n) is 3.42. The molecule has 0 saturated carbocycles. The predicted molar refractivity (Wildman–Crippen MR) is 74.5 cm³/mol. The minimum absolute atomic E-state index is 0.194. The maximum absolute atomic E-state index is 13.0. The molecule has 7 heteroatoms. The number of hydrogen-bond donors (Lipinski definition) is 0. The van der Waals surface area contributed by atoms with Crippen LogP contribution in [0.15, 0.2) is 29.3 Å². The predicted octanol–water partition coefficient (Wildman–Crippen LogP) is 3.39. The normalized spacial score (nSPS) is 17.4. The van der Waals surface area contributed by atoms with Crippen molar-refractivity contribution in [2.45, 2.75) is 19.0 Å². The van der Waals surface area contributed by atoms with E-state index in [2.05, 4.69) is 4.99 Å². The second-order valence-corrected chi connectivity index (χ2v) is 4.91. The summed E-state index contributed by atoms with van der Waals surface area (Å²) in [5.41, 5.74) is -1.04. The number of nitrogens with zero attached hydrogens (tertiary/aromatic N) is 3. The molecule has 114 valence electrons. The third kappa shape index (κ3) is 3.34. The molecule has 1 aliphatic rings. The molecule has 0 spiro atoms. The first-order valence-electron chi connectivity index (χ1n) is 6.53. The molecule has 1 saturated heterocycles. The first-order chi connectivity index (χ1) is 9.80. The number of carbonyl (C=O) groups excluding carboxylic acids is 1. The van der Waals surface area contributed by atoms with Gasteiger partial charge in [-0.3, -0.25) is 4.90 Å². The zero-order valence-electron chi connectivity index (χ0n) is 11.8. The number of urea groups is 1. The van der Waals surface area contributed by atoms with Gasteiger partial charge in [0.2, 0.25) is 0 Å². The highest BCUT2D eigenvalue weighted by molar-refractivity contribution is 6.01. The quantitative estimate of drug-likeness (QED) is 0.797. The van der Waals surface area contributed by atoms with Crippen LogP contribution in [0, 0.1) is 0 Å². The zero-order valence-corrected chi connectivity index (χ0v) is 11.8. The first kappa shape index (κ1) is 15.3. The summed E-state index contributed by atoms with van der Waals surface area (Å²) in [7, 11) is 3.11. The van der Waals surface area contributed by atoms with Gasteiger partial charge in [0.1, 0.15) is 5.84 Å². The molecular formula is C14H16F3N3O. The summed E-state index contributed by atoms with van der Waals surface area (Å²) in [6, 6.07) is 4.27. The molecule has 2 rings (SSSR count). The number of benzene rings is 1. The third-order valence-corrected chi connectivity index (χ3v) is 3.42. The van der Waals surface area contributed by atoms with Crippen molar-refractivity contribution in [1.29, 1.82) is 0 Å². The highest BCUT2D eigenvalue weighted by Gasteiger charge is 2.35. The molecule has 1 aliphatic heterocycles. The van der Waals surface area contributed by atoms with E-state index in [1.165, 1.54) is 25.2 Å². The maximum atomic E-state index is 13.0. The molecule has 1 aromatic carbocycles. The van der Waals surface area contributed by atoms with E-state index in [1.54, 1.807) is 0 Å². The Kier molecular flexibility index (Phi) is 4.20. The van der Waals surface area contributed by atoms with Gasteiger partial charge < -0.3 is 4.90 Å². The van der Waals surface area contributed by atoms with Crippen LogP contribution in [0.25, 0.3) is 0 Å². The van der Waals surface area contributed by atoms with E-state index < -0.39 is 17.8 Å². The average Bonchev–Trinajstić information content (AvgIpc) is 2.82. The van der Waals surface area contributed by atoms with Crippen LogP contribution in [0.2, 0.25) is 0 Å². The van der Waals surface area contributed by atoms with E-state index >= 15 is 0 Å². The molecule has 0 aromatic heterocycles. The fraction of sp³-hybridized carbons (Fsp3) is 0.429. The van der Waals surface area contributed by atoms with E-state index in [0.29, 0.717) is 12.3 Å². The zero-order chi connectivity index (χ0) is 15.6. The molecule has 0 radical (unpaired) electrons. The van der Waals surface area contributed by atoms with Gasteiger partial charge >= 0.3 is 12.2 Å². The van der Waals surface area contributed by atoms with Gasteiger partial charge in [0, 0.05) is 27.1 Å². The van der Waals surface area contributed by atoms with Crippen LogP contribution in [0.1, 0.15) is 18.4 Å². The van der Waals surface area contributed by atoms with Crippen molar-refractivity contribution >= 4 is 17.6 Å². The number of halogens is 3. The van der Waals surface area contributed by atoms with Crippen molar-refractivity contribution in [3.05, 3.63) is 29.8 Å². The van der Waals surface area contributed by atoms with Gasteiger partial charge in [0.05, 0.1) is 11.3 Å². The van der Waals surface area contributed by atoms with Crippen molar-refractivity contribution in [2.24, 2.45) is 4.99 Å². The van der Waals surface area contributed by atoms with Gasteiger partial charge in [-0.15, -0.1) is 0 Å². The van der Waals surface area contributed by atoms with E-state index in [1.807, 2.05) is 11.9 Å². The summed E-state index contributed by atoms with van der Waals surface area (Å²) >= 11 is 0. The number of rotatable bonds is 1. The SMILES string of the molecule is CN1CCCC1=NC(=O)N(C)c1ccccc1C(F)(F)F. The van der Waals surface area contributed by atoms with Crippen LogP contribution in [-0.2, 0) is 6.18 Å². The number of para-hydroxylation sites is 1. The summed E-state index contributed by atoms with van der Waals surface area (Å²) in [6.45, 7) is 0.801. The lowest BCUT2D eigenvalue weighted by atomic mass is 10.1. The van der Waals surface area contributed by atoms with E-state index in [9.17, 15) is 18.0 Å². The van der Waals surface area contributed by atoms with Crippen molar-refractivity contribution in [3.63, 3.8) is 0 Å². The van der Waals surface area contributed by atoms with Crippen molar-refractivity contribution in [3.8, 4) is 0 Å². The Labute approximate surface area is 120 Å². The molecule has 0 bridgehead atoms. The highest BCUT2D eigenvalue weighted by atomic mass is 19.4. The lowest BCUT2D eigenvalue weighted by Gasteiger charge is -2.20. The van der Waals surface area contributed by atoms with Crippen molar-refractivity contribution in [1.82, 2.24) is 4.90 Å². The summed E-state index contributed by atoms with van der Waals surface area (Å²) < 4.78 is 38.9. The molecule has 0 atom stereocenters. The monoisotopic (exact) mass is 299 g/mol. The van der Waals surface area contributed by atoms with Gasteiger partial charge in [-0.1, -0.05) is 12.1 Å². The average molecular weight is 299 g/mol. The molecule has 0 unspecified atom stereocenters. The first-order valence-corrected chi connectivity index (χ1v) is 6.53. The summed E-state index contributed by atoms with van der Waals surface area (Å²) in [5.74, 6) is 0.608. The van der Waals surface area contributed by atoms with Crippen LogP contribution >= 0.6 is 0 Å². The topological polar surface area (TPSA) is 35.9 Å². The van der Waals surface area contributed by atoms with Gasteiger partial charge in [0.25, 0.3) is 0 Å². The number of amides is 2. The molecule has 1 aromatic rings. The lowest BCUT2D eigenvalue weighted by Crippen LogP contribution is -2.29. The summed E-state index contributed by atoms with van der Waals surface area (Å²) in [4.78, 5) is 18.8. The highest BCUT2D eigenvalue weighted by Crippen LogP contribution is 2.36. The molecule has 1 fully saturated rings. The second-order valence-electron chi connectivity index (χ2n) is 4.91. The smallest absolute Gasteiger partial charge is 0.363 e. The number of aliphatic imine (C=N–C) groups is 1. The van der Waals surface area contributed by atoms with Crippen LogP contribution < -0.4 is 4.90 Å². The van der Waals surface area contributed by atoms with E-state index in [4.69, 9.17) is 0 Å². The number of amidine groups is 1.